The fourth-order valence-corrected chi connectivity index (χ4v) is 4.50. The first-order valence-corrected chi connectivity index (χ1v) is 10.9. The fourth-order valence-electron chi connectivity index (χ4n) is 4.50. The molecule has 170 valence electrons. The van der Waals surface area contributed by atoms with Gasteiger partial charge in [-0.2, -0.15) is 0 Å². The molecule has 2 fully saturated rings. The van der Waals surface area contributed by atoms with E-state index < -0.39 is 31.1 Å². The summed E-state index contributed by atoms with van der Waals surface area (Å²) in [5.74, 6) is 0.584. The molecule has 1 saturated heterocycles. The minimum atomic E-state index is -1.21. The van der Waals surface area contributed by atoms with E-state index in [2.05, 4.69) is 32.4 Å². The number of aromatic nitrogens is 4. The molecule has 3 heterocycles. The summed E-state index contributed by atoms with van der Waals surface area (Å²) in [5.41, 5.74) is 2.15. The smallest absolute Gasteiger partial charge is 0.167 e. The molecule has 2 aromatic heterocycles. The molecule has 1 aromatic carbocycles. The van der Waals surface area contributed by atoms with Crippen molar-refractivity contribution in [3.05, 3.63) is 48.5 Å². The third-order valence-corrected chi connectivity index (χ3v) is 6.23. The number of nitrogens with zero attached hydrogens (tertiary/aromatic N) is 4. The summed E-state index contributed by atoms with van der Waals surface area (Å²) in [6.45, 7) is 0.165. The summed E-state index contributed by atoms with van der Waals surface area (Å²) in [6.07, 6.45) is 1.81. The SMILES string of the molecule is OCC1OC(n2cnc3c(N[C@H]4CCC[C@H]4OCc4ccccc4)ncnc32)[C@H](O)[C@@H]1O. The average molecular weight is 441 g/mol. The molecule has 1 aliphatic heterocycles. The number of hydrogen-bond acceptors (Lipinski definition) is 9. The Labute approximate surface area is 184 Å². The zero-order chi connectivity index (χ0) is 22.1. The lowest BCUT2D eigenvalue weighted by atomic mass is 10.1. The lowest BCUT2D eigenvalue weighted by Gasteiger charge is -2.22. The van der Waals surface area contributed by atoms with E-state index in [1.807, 2.05) is 18.2 Å². The summed E-state index contributed by atoms with van der Waals surface area (Å²) in [5, 5.41) is 33.3. The Morgan fingerprint density at radius 1 is 1.09 bits per heavy atom. The topological polar surface area (TPSA) is 135 Å². The number of nitrogens with one attached hydrogen (secondary N) is 1. The van der Waals surface area contributed by atoms with E-state index in [1.165, 1.54) is 12.7 Å². The molecule has 3 aromatic rings. The van der Waals surface area contributed by atoms with Crippen LogP contribution in [0.25, 0.3) is 11.2 Å². The summed E-state index contributed by atoms with van der Waals surface area (Å²) in [7, 11) is 0. The summed E-state index contributed by atoms with van der Waals surface area (Å²) in [6, 6.07) is 10.2. The monoisotopic (exact) mass is 441 g/mol. The molecule has 5 rings (SSSR count). The van der Waals surface area contributed by atoms with Crippen LogP contribution in [-0.2, 0) is 16.1 Å². The van der Waals surface area contributed by atoms with E-state index in [1.54, 1.807) is 4.57 Å². The Balaban J connectivity index is 1.33. The molecule has 0 bridgehead atoms. The van der Waals surface area contributed by atoms with Gasteiger partial charge in [0, 0.05) is 0 Å². The van der Waals surface area contributed by atoms with Crippen molar-refractivity contribution in [2.75, 3.05) is 11.9 Å². The summed E-state index contributed by atoms with van der Waals surface area (Å²) in [4.78, 5) is 13.1. The molecule has 2 unspecified atom stereocenters. The van der Waals surface area contributed by atoms with Crippen LogP contribution in [0.3, 0.4) is 0 Å². The molecule has 10 nitrogen and oxygen atoms in total. The molecule has 1 saturated carbocycles. The average Bonchev–Trinajstić information content (AvgIpc) is 3.52. The molecule has 10 heteroatoms. The van der Waals surface area contributed by atoms with Crippen molar-refractivity contribution >= 4 is 17.0 Å². The number of ether oxygens (including phenoxy) is 2. The minimum Gasteiger partial charge on any atom is -0.394 e. The number of aliphatic hydroxyl groups excluding tert-OH is 3. The predicted octanol–water partition coefficient (Wildman–Crippen LogP) is 0.988. The van der Waals surface area contributed by atoms with E-state index in [9.17, 15) is 15.3 Å². The van der Waals surface area contributed by atoms with Gasteiger partial charge in [0.2, 0.25) is 0 Å². The Morgan fingerprint density at radius 2 is 1.94 bits per heavy atom. The van der Waals surface area contributed by atoms with Crippen LogP contribution >= 0.6 is 0 Å². The van der Waals surface area contributed by atoms with Gasteiger partial charge in [-0.15, -0.1) is 0 Å². The highest BCUT2D eigenvalue weighted by molar-refractivity contribution is 5.82. The maximum Gasteiger partial charge on any atom is 0.167 e. The van der Waals surface area contributed by atoms with Gasteiger partial charge in [0.05, 0.1) is 31.7 Å². The first-order chi connectivity index (χ1) is 15.7. The number of aliphatic hydroxyl groups is 3. The molecular weight excluding hydrogens is 414 g/mol. The third kappa shape index (κ3) is 3.96. The van der Waals surface area contributed by atoms with Gasteiger partial charge < -0.3 is 30.1 Å². The molecular formula is C22H27N5O5. The first kappa shape index (κ1) is 21.2. The van der Waals surface area contributed by atoms with Gasteiger partial charge in [0.25, 0.3) is 0 Å². The second-order valence-electron chi connectivity index (χ2n) is 8.29. The maximum absolute atomic E-state index is 10.4. The van der Waals surface area contributed by atoms with Crippen LogP contribution in [0.5, 0.6) is 0 Å². The molecule has 6 atom stereocenters. The number of fused-ring (bicyclic) bond motifs is 1. The van der Waals surface area contributed by atoms with Crippen LogP contribution in [0, 0.1) is 0 Å². The van der Waals surface area contributed by atoms with Gasteiger partial charge in [-0.25, -0.2) is 15.0 Å². The quantitative estimate of drug-likeness (QED) is 0.423. The highest BCUT2D eigenvalue weighted by atomic mass is 16.6. The van der Waals surface area contributed by atoms with Crippen molar-refractivity contribution in [2.24, 2.45) is 0 Å². The van der Waals surface area contributed by atoms with Crippen LogP contribution in [0.4, 0.5) is 5.82 Å². The molecule has 32 heavy (non-hydrogen) atoms. The van der Waals surface area contributed by atoms with Crippen molar-refractivity contribution < 1.29 is 24.8 Å². The molecule has 1 aliphatic carbocycles. The van der Waals surface area contributed by atoms with Crippen LogP contribution < -0.4 is 5.32 Å². The molecule has 4 N–H and O–H groups in total. The number of hydrogen-bond donors (Lipinski definition) is 4. The van der Waals surface area contributed by atoms with E-state index in [0.29, 0.717) is 23.6 Å². The zero-order valence-corrected chi connectivity index (χ0v) is 17.5. The second-order valence-corrected chi connectivity index (χ2v) is 8.29. The fraction of sp³-hybridized carbons (Fsp3) is 0.500. The highest BCUT2D eigenvalue weighted by Gasteiger charge is 2.44. The van der Waals surface area contributed by atoms with Crippen LogP contribution in [0.15, 0.2) is 43.0 Å². The van der Waals surface area contributed by atoms with E-state index in [4.69, 9.17) is 9.47 Å². The number of rotatable bonds is 7. The van der Waals surface area contributed by atoms with Gasteiger partial charge >= 0.3 is 0 Å². The van der Waals surface area contributed by atoms with Gasteiger partial charge in [-0.1, -0.05) is 30.3 Å². The first-order valence-electron chi connectivity index (χ1n) is 10.9. The predicted molar refractivity (Wildman–Crippen MR) is 115 cm³/mol. The molecule has 0 spiro atoms. The lowest BCUT2D eigenvalue weighted by molar-refractivity contribution is -0.0511. The molecule has 0 radical (unpaired) electrons. The molecule has 2 aliphatic rings. The number of anilines is 1. The number of imidazole rings is 1. The van der Waals surface area contributed by atoms with E-state index in [-0.39, 0.29) is 12.1 Å². The normalized spacial score (nSPS) is 30.2. The standard InChI is InChI=1S/C22H27N5O5/c28-9-16-18(29)19(30)22(32-16)27-12-25-17-20(23-11-24-21(17)27)26-14-7-4-8-15(14)31-10-13-5-2-1-3-6-13/h1-3,5-6,11-12,14-16,18-19,22,28-30H,4,7-10H2,(H,23,24,26)/t14-,15+,16?,18+,19+,22?/m0/s1. The Bertz CT molecular complexity index is 1050. The minimum absolute atomic E-state index is 0.0581. The molecule has 0 amide bonds. The number of benzene rings is 1. The van der Waals surface area contributed by atoms with Crippen molar-refractivity contribution in [2.45, 2.75) is 62.6 Å². The Morgan fingerprint density at radius 3 is 2.72 bits per heavy atom. The zero-order valence-electron chi connectivity index (χ0n) is 17.5. The van der Waals surface area contributed by atoms with E-state index in [0.717, 1.165) is 24.8 Å². The van der Waals surface area contributed by atoms with Crippen molar-refractivity contribution in [1.82, 2.24) is 19.5 Å². The summed E-state index contributed by atoms with van der Waals surface area (Å²) >= 11 is 0. The van der Waals surface area contributed by atoms with Crippen molar-refractivity contribution in [1.29, 1.82) is 0 Å². The summed E-state index contributed by atoms with van der Waals surface area (Å²) < 4.78 is 13.4. The van der Waals surface area contributed by atoms with Gasteiger partial charge in [-0.05, 0) is 24.8 Å². The largest absolute Gasteiger partial charge is 0.394 e. The van der Waals surface area contributed by atoms with Crippen molar-refractivity contribution in [3.8, 4) is 0 Å². The third-order valence-electron chi connectivity index (χ3n) is 6.23. The van der Waals surface area contributed by atoms with Crippen LogP contribution in [0.2, 0.25) is 0 Å². The van der Waals surface area contributed by atoms with Crippen molar-refractivity contribution in [3.63, 3.8) is 0 Å². The van der Waals surface area contributed by atoms with Gasteiger partial charge in [0.15, 0.2) is 23.2 Å². The highest BCUT2D eigenvalue weighted by Crippen LogP contribution is 2.33. The van der Waals surface area contributed by atoms with Gasteiger partial charge in [0.1, 0.15) is 24.6 Å². The Hall–Kier alpha value is -2.63. The van der Waals surface area contributed by atoms with Crippen LogP contribution in [-0.4, -0.2) is 71.9 Å². The maximum atomic E-state index is 10.4. The second kappa shape index (κ2) is 9.08. The Kier molecular flexibility index (Phi) is 6.03. The lowest BCUT2D eigenvalue weighted by Crippen LogP contribution is -2.33. The van der Waals surface area contributed by atoms with E-state index >= 15 is 0 Å². The van der Waals surface area contributed by atoms with Gasteiger partial charge in [-0.3, -0.25) is 4.57 Å². The van der Waals surface area contributed by atoms with Crippen LogP contribution in [0.1, 0.15) is 31.1 Å².